The van der Waals surface area contributed by atoms with Gasteiger partial charge in [-0.15, -0.1) is 0 Å². The molecule has 0 aliphatic carbocycles. The van der Waals surface area contributed by atoms with Crippen LogP contribution in [0.3, 0.4) is 0 Å². The maximum atomic E-state index is 11.6. The Labute approximate surface area is 107 Å². The molecule has 1 aromatic rings. The van der Waals surface area contributed by atoms with E-state index in [-0.39, 0.29) is 5.97 Å². The van der Waals surface area contributed by atoms with Crippen molar-refractivity contribution in [3.63, 3.8) is 0 Å². The number of ether oxygens (including phenoxy) is 1. The molecule has 0 heterocycles. The molecule has 2 nitrogen and oxygen atoms in total. The second kappa shape index (κ2) is 5.87. The fourth-order valence-corrected chi connectivity index (χ4v) is 1.39. The highest BCUT2D eigenvalue weighted by molar-refractivity contribution is 6.30. The average Bonchev–Trinajstić information content (AvgIpc) is 2.29. The maximum absolute atomic E-state index is 11.6. The maximum Gasteiger partial charge on any atom is 0.315 e. The van der Waals surface area contributed by atoms with Gasteiger partial charge in [-0.25, -0.2) is 0 Å². The number of carbonyl (C=O) groups excluding carboxylic acids is 1. The number of hydrogen-bond acceptors (Lipinski definition) is 2. The monoisotopic (exact) mass is 252 g/mol. The average molecular weight is 253 g/mol. The van der Waals surface area contributed by atoms with E-state index < -0.39 is 5.41 Å². The first-order chi connectivity index (χ1) is 7.95. The normalized spacial score (nSPS) is 11.8. The zero-order chi connectivity index (χ0) is 12.9. The Kier molecular flexibility index (Phi) is 4.76. The fraction of sp³-hybridized carbons (Fsp3) is 0.357. The zero-order valence-electron chi connectivity index (χ0n) is 10.4. The van der Waals surface area contributed by atoms with E-state index >= 15 is 0 Å². The van der Waals surface area contributed by atoms with Gasteiger partial charge in [-0.1, -0.05) is 35.9 Å². The SMILES string of the molecule is CCOC(=O)C(C)(C)C=Cc1ccc(Cl)cc1. The molecule has 1 rings (SSSR count). The number of benzene rings is 1. The van der Waals surface area contributed by atoms with E-state index in [1.165, 1.54) is 0 Å². The first kappa shape index (κ1) is 13.8. The summed E-state index contributed by atoms with van der Waals surface area (Å²) in [6, 6.07) is 7.44. The van der Waals surface area contributed by atoms with Crippen LogP contribution in [0.4, 0.5) is 0 Å². The van der Waals surface area contributed by atoms with Gasteiger partial charge < -0.3 is 4.74 Å². The number of esters is 1. The molecule has 17 heavy (non-hydrogen) atoms. The van der Waals surface area contributed by atoms with Gasteiger partial charge in [-0.05, 0) is 38.5 Å². The summed E-state index contributed by atoms with van der Waals surface area (Å²) in [5.41, 5.74) is 0.391. The van der Waals surface area contributed by atoms with Gasteiger partial charge in [-0.3, -0.25) is 4.79 Å². The molecule has 0 radical (unpaired) electrons. The molecule has 0 saturated heterocycles. The van der Waals surface area contributed by atoms with E-state index in [4.69, 9.17) is 16.3 Å². The van der Waals surface area contributed by atoms with Gasteiger partial charge in [0.2, 0.25) is 0 Å². The van der Waals surface area contributed by atoms with Crippen LogP contribution in [0.1, 0.15) is 26.3 Å². The van der Waals surface area contributed by atoms with Crippen molar-refractivity contribution >= 4 is 23.6 Å². The lowest BCUT2D eigenvalue weighted by molar-refractivity contribution is -0.150. The fourth-order valence-electron chi connectivity index (χ4n) is 1.26. The summed E-state index contributed by atoms with van der Waals surface area (Å²) in [4.78, 5) is 11.6. The lowest BCUT2D eigenvalue weighted by atomic mass is 9.92. The Morgan fingerprint density at radius 1 is 1.35 bits per heavy atom. The summed E-state index contributed by atoms with van der Waals surface area (Å²) in [5, 5.41) is 0.701. The Bertz CT molecular complexity index is 405. The van der Waals surface area contributed by atoms with Crippen LogP contribution in [0, 0.1) is 5.41 Å². The van der Waals surface area contributed by atoms with E-state index in [1.54, 1.807) is 6.92 Å². The highest BCUT2D eigenvalue weighted by Crippen LogP contribution is 2.21. The van der Waals surface area contributed by atoms with E-state index in [9.17, 15) is 4.79 Å². The molecule has 0 unspecified atom stereocenters. The van der Waals surface area contributed by atoms with Crippen LogP contribution in [0.25, 0.3) is 6.08 Å². The summed E-state index contributed by atoms with van der Waals surface area (Å²) < 4.78 is 5.00. The van der Waals surface area contributed by atoms with E-state index in [2.05, 4.69) is 0 Å². The van der Waals surface area contributed by atoms with Crippen LogP contribution in [-0.2, 0) is 9.53 Å². The number of rotatable bonds is 4. The molecule has 0 bridgehead atoms. The van der Waals surface area contributed by atoms with Gasteiger partial charge in [0.05, 0.1) is 12.0 Å². The third-order valence-electron chi connectivity index (χ3n) is 2.36. The molecular formula is C14H17ClO2. The van der Waals surface area contributed by atoms with Crippen molar-refractivity contribution in [3.05, 3.63) is 40.9 Å². The molecule has 0 spiro atoms. The van der Waals surface area contributed by atoms with Gasteiger partial charge in [0.15, 0.2) is 0 Å². The predicted molar refractivity (Wildman–Crippen MR) is 70.9 cm³/mol. The third-order valence-corrected chi connectivity index (χ3v) is 2.62. The van der Waals surface area contributed by atoms with E-state index in [0.717, 1.165) is 5.56 Å². The molecule has 0 aliphatic rings. The van der Waals surface area contributed by atoms with Crippen LogP contribution >= 0.6 is 11.6 Å². The summed E-state index contributed by atoms with van der Waals surface area (Å²) in [6.07, 6.45) is 3.74. The first-order valence-corrected chi connectivity index (χ1v) is 5.95. The van der Waals surface area contributed by atoms with Gasteiger partial charge in [0.1, 0.15) is 0 Å². The Hall–Kier alpha value is -1.28. The standard InChI is InChI=1S/C14H17ClO2/c1-4-17-13(16)14(2,3)10-9-11-5-7-12(15)8-6-11/h5-10H,4H2,1-3H3. The number of carbonyl (C=O) groups is 1. The smallest absolute Gasteiger partial charge is 0.315 e. The number of hydrogen-bond donors (Lipinski definition) is 0. The van der Waals surface area contributed by atoms with Crippen molar-refractivity contribution in [1.29, 1.82) is 0 Å². The quantitative estimate of drug-likeness (QED) is 0.759. The summed E-state index contributed by atoms with van der Waals surface area (Å²) in [5.74, 6) is -0.217. The molecule has 0 atom stereocenters. The Morgan fingerprint density at radius 3 is 2.47 bits per heavy atom. The summed E-state index contributed by atoms with van der Waals surface area (Å²) in [6.45, 7) is 5.86. The number of halogens is 1. The molecule has 0 saturated carbocycles. The Morgan fingerprint density at radius 2 is 1.94 bits per heavy atom. The second-order valence-corrected chi connectivity index (χ2v) is 4.76. The van der Waals surface area contributed by atoms with Crippen molar-refractivity contribution in [2.24, 2.45) is 5.41 Å². The third kappa shape index (κ3) is 4.23. The minimum absolute atomic E-state index is 0.217. The molecule has 0 aliphatic heterocycles. The molecule has 0 aromatic heterocycles. The van der Waals surface area contributed by atoms with Gasteiger partial charge in [-0.2, -0.15) is 0 Å². The molecule has 1 aromatic carbocycles. The lowest BCUT2D eigenvalue weighted by Gasteiger charge is -2.17. The summed E-state index contributed by atoms with van der Waals surface area (Å²) >= 11 is 5.80. The molecule has 92 valence electrons. The first-order valence-electron chi connectivity index (χ1n) is 5.58. The molecule has 0 N–H and O–H groups in total. The second-order valence-electron chi connectivity index (χ2n) is 4.33. The van der Waals surface area contributed by atoms with Crippen LogP contribution in [0.15, 0.2) is 30.3 Å². The van der Waals surface area contributed by atoms with Crippen molar-refractivity contribution in [3.8, 4) is 0 Å². The molecule has 0 fully saturated rings. The lowest BCUT2D eigenvalue weighted by Crippen LogP contribution is -2.24. The van der Waals surface area contributed by atoms with Gasteiger partial charge >= 0.3 is 5.97 Å². The molecule has 3 heteroatoms. The van der Waals surface area contributed by atoms with Crippen LogP contribution in [0.5, 0.6) is 0 Å². The van der Waals surface area contributed by atoms with Gasteiger partial charge in [0.25, 0.3) is 0 Å². The largest absolute Gasteiger partial charge is 0.465 e. The highest BCUT2D eigenvalue weighted by atomic mass is 35.5. The predicted octanol–water partition coefficient (Wildman–Crippen LogP) is 3.94. The summed E-state index contributed by atoms with van der Waals surface area (Å²) in [7, 11) is 0. The van der Waals surface area contributed by atoms with Crippen molar-refractivity contribution in [2.75, 3.05) is 6.61 Å². The van der Waals surface area contributed by atoms with Crippen molar-refractivity contribution in [1.82, 2.24) is 0 Å². The minimum atomic E-state index is -0.615. The zero-order valence-corrected chi connectivity index (χ0v) is 11.1. The van der Waals surface area contributed by atoms with Crippen LogP contribution in [-0.4, -0.2) is 12.6 Å². The van der Waals surface area contributed by atoms with Crippen LogP contribution in [0.2, 0.25) is 5.02 Å². The minimum Gasteiger partial charge on any atom is -0.465 e. The highest BCUT2D eigenvalue weighted by Gasteiger charge is 2.25. The molecular weight excluding hydrogens is 236 g/mol. The molecule has 0 amide bonds. The van der Waals surface area contributed by atoms with Crippen LogP contribution < -0.4 is 0 Å². The van der Waals surface area contributed by atoms with E-state index in [0.29, 0.717) is 11.6 Å². The topological polar surface area (TPSA) is 26.3 Å². The van der Waals surface area contributed by atoms with Gasteiger partial charge in [0, 0.05) is 5.02 Å². The van der Waals surface area contributed by atoms with Crippen molar-refractivity contribution in [2.45, 2.75) is 20.8 Å². The van der Waals surface area contributed by atoms with Crippen molar-refractivity contribution < 1.29 is 9.53 Å². The Balaban J connectivity index is 2.75. The van der Waals surface area contributed by atoms with E-state index in [1.807, 2.05) is 50.3 Å².